The average molecular weight is 312 g/mol. The van der Waals surface area contributed by atoms with Gasteiger partial charge in [-0.05, 0) is 29.7 Å². The number of carbonyl (C=O) groups is 1. The summed E-state index contributed by atoms with van der Waals surface area (Å²) in [7, 11) is 0. The number of benzene rings is 2. The Balaban J connectivity index is 1.93. The molecule has 2 rings (SSSR count). The first-order valence-electron chi connectivity index (χ1n) is 6.78. The highest BCUT2D eigenvalue weighted by Crippen LogP contribution is 2.17. The molecular formula is C18H14ClNO2. The van der Waals surface area contributed by atoms with Crippen molar-refractivity contribution in [3.05, 3.63) is 77.0 Å². The molecule has 0 aliphatic heterocycles. The Bertz CT molecular complexity index is 700. The van der Waals surface area contributed by atoms with Crippen molar-refractivity contribution in [2.24, 2.45) is 0 Å². The van der Waals surface area contributed by atoms with Crippen molar-refractivity contribution in [3.63, 3.8) is 0 Å². The summed E-state index contributed by atoms with van der Waals surface area (Å²) < 4.78 is 5.04. The van der Waals surface area contributed by atoms with E-state index in [2.05, 4.69) is 0 Å². The number of allylic oxidation sites excluding steroid dienone is 1. The third-order valence-corrected chi connectivity index (χ3v) is 3.30. The lowest BCUT2D eigenvalue weighted by atomic mass is 10.1. The topological polar surface area (TPSA) is 50.1 Å². The number of carbonyl (C=O) groups excluding carboxylic acids is 1. The van der Waals surface area contributed by atoms with E-state index in [4.69, 9.17) is 21.6 Å². The van der Waals surface area contributed by atoms with Gasteiger partial charge < -0.3 is 4.74 Å². The number of esters is 1. The summed E-state index contributed by atoms with van der Waals surface area (Å²) in [4.78, 5) is 11.7. The van der Waals surface area contributed by atoms with E-state index in [1.807, 2.05) is 36.4 Å². The molecule has 0 aromatic heterocycles. The largest absolute Gasteiger partial charge is 0.433 e. The summed E-state index contributed by atoms with van der Waals surface area (Å²) in [6.07, 6.45) is 2.06. The number of aryl methyl sites for hydroxylation is 1. The third kappa shape index (κ3) is 4.76. The van der Waals surface area contributed by atoms with Gasteiger partial charge in [0.05, 0.1) is 5.57 Å². The Morgan fingerprint density at radius 1 is 1.14 bits per heavy atom. The molecule has 22 heavy (non-hydrogen) atoms. The SMILES string of the molecule is N#C/C(=C\OC(=O)CCc1ccccc1)c1ccc(Cl)cc1. The molecular weight excluding hydrogens is 298 g/mol. The molecule has 0 aliphatic rings. The molecule has 0 fully saturated rings. The highest BCUT2D eigenvalue weighted by molar-refractivity contribution is 6.30. The minimum Gasteiger partial charge on any atom is -0.433 e. The predicted molar refractivity (Wildman–Crippen MR) is 85.9 cm³/mol. The molecule has 2 aromatic rings. The van der Waals surface area contributed by atoms with Gasteiger partial charge in [0, 0.05) is 11.4 Å². The summed E-state index contributed by atoms with van der Waals surface area (Å²) in [5.41, 5.74) is 2.01. The second-order valence-corrected chi connectivity index (χ2v) is 5.06. The van der Waals surface area contributed by atoms with Crippen molar-refractivity contribution >= 4 is 23.1 Å². The minimum absolute atomic E-state index is 0.264. The maximum atomic E-state index is 11.7. The van der Waals surface area contributed by atoms with Crippen molar-refractivity contribution in [1.82, 2.24) is 0 Å². The van der Waals surface area contributed by atoms with Crippen LogP contribution in [0.5, 0.6) is 0 Å². The molecule has 0 spiro atoms. The molecule has 0 radical (unpaired) electrons. The van der Waals surface area contributed by atoms with Gasteiger partial charge >= 0.3 is 5.97 Å². The number of ether oxygens (including phenoxy) is 1. The minimum atomic E-state index is -0.370. The summed E-state index contributed by atoms with van der Waals surface area (Å²) in [5.74, 6) is -0.370. The van der Waals surface area contributed by atoms with E-state index in [0.29, 0.717) is 17.0 Å². The fourth-order valence-electron chi connectivity index (χ4n) is 1.86. The summed E-state index contributed by atoms with van der Waals surface area (Å²) >= 11 is 5.80. The second-order valence-electron chi connectivity index (χ2n) is 4.63. The van der Waals surface area contributed by atoms with Crippen LogP contribution < -0.4 is 0 Å². The highest BCUT2D eigenvalue weighted by atomic mass is 35.5. The quantitative estimate of drug-likeness (QED) is 0.468. The molecule has 0 unspecified atom stereocenters. The number of halogens is 1. The van der Waals surface area contributed by atoms with Gasteiger partial charge in [-0.1, -0.05) is 54.1 Å². The van der Waals surface area contributed by atoms with Crippen molar-refractivity contribution in [3.8, 4) is 6.07 Å². The second kappa shape index (κ2) is 8.02. The molecule has 0 bridgehead atoms. The van der Waals surface area contributed by atoms with E-state index in [1.54, 1.807) is 24.3 Å². The smallest absolute Gasteiger partial charge is 0.310 e. The molecule has 0 atom stereocenters. The zero-order chi connectivity index (χ0) is 15.8. The van der Waals surface area contributed by atoms with Crippen molar-refractivity contribution in [1.29, 1.82) is 5.26 Å². The Morgan fingerprint density at radius 2 is 1.82 bits per heavy atom. The third-order valence-electron chi connectivity index (χ3n) is 3.04. The molecule has 0 amide bonds. The number of nitriles is 1. The van der Waals surface area contributed by atoms with Crippen LogP contribution in [-0.2, 0) is 16.0 Å². The van der Waals surface area contributed by atoms with Gasteiger partial charge in [-0.15, -0.1) is 0 Å². The van der Waals surface area contributed by atoms with Crippen LogP contribution in [0.15, 0.2) is 60.9 Å². The van der Waals surface area contributed by atoms with Crippen LogP contribution >= 0.6 is 11.6 Å². The Morgan fingerprint density at radius 3 is 2.45 bits per heavy atom. The average Bonchev–Trinajstić information content (AvgIpc) is 2.56. The van der Waals surface area contributed by atoms with Crippen LogP contribution in [0.3, 0.4) is 0 Å². The molecule has 4 heteroatoms. The van der Waals surface area contributed by atoms with Gasteiger partial charge in [0.2, 0.25) is 0 Å². The van der Waals surface area contributed by atoms with Crippen LogP contribution in [0.25, 0.3) is 5.57 Å². The zero-order valence-corrected chi connectivity index (χ0v) is 12.6. The van der Waals surface area contributed by atoms with Gasteiger partial charge in [-0.25, -0.2) is 0 Å². The van der Waals surface area contributed by atoms with E-state index < -0.39 is 0 Å². The van der Waals surface area contributed by atoms with Gasteiger partial charge in [-0.3, -0.25) is 4.79 Å². The van der Waals surface area contributed by atoms with Gasteiger partial charge in [0.25, 0.3) is 0 Å². The molecule has 110 valence electrons. The van der Waals surface area contributed by atoms with Gasteiger partial charge in [0.1, 0.15) is 12.3 Å². The summed E-state index contributed by atoms with van der Waals surface area (Å²) in [5, 5.41) is 9.71. The van der Waals surface area contributed by atoms with Crippen LogP contribution in [0.1, 0.15) is 17.5 Å². The molecule has 0 heterocycles. The Labute approximate surface area is 134 Å². The molecule has 0 N–H and O–H groups in total. The molecule has 0 saturated carbocycles. The van der Waals surface area contributed by atoms with E-state index in [9.17, 15) is 4.79 Å². The molecule has 0 saturated heterocycles. The Kier molecular flexibility index (Phi) is 5.76. The fraction of sp³-hybridized carbons (Fsp3) is 0.111. The van der Waals surface area contributed by atoms with Crippen molar-refractivity contribution < 1.29 is 9.53 Å². The molecule has 2 aromatic carbocycles. The summed E-state index contributed by atoms with van der Waals surface area (Å²) in [6, 6.07) is 18.5. The lowest BCUT2D eigenvalue weighted by Crippen LogP contribution is -2.02. The first-order chi connectivity index (χ1) is 10.7. The first-order valence-corrected chi connectivity index (χ1v) is 7.16. The first kappa shape index (κ1) is 15.8. The van der Waals surface area contributed by atoms with Crippen LogP contribution in [0.2, 0.25) is 5.02 Å². The van der Waals surface area contributed by atoms with E-state index in [0.717, 1.165) is 5.56 Å². The van der Waals surface area contributed by atoms with Crippen molar-refractivity contribution in [2.75, 3.05) is 0 Å². The van der Waals surface area contributed by atoms with Crippen LogP contribution in [0, 0.1) is 11.3 Å². The van der Waals surface area contributed by atoms with E-state index in [-0.39, 0.29) is 18.0 Å². The van der Waals surface area contributed by atoms with Gasteiger partial charge in [0.15, 0.2) is 0 Å². The predicted octanol–water partition coefficient (Wildman–Crippen LogP) is 4.38. The number of hydrogen-bond acceptors (Lipinski definition) is 3. The Hall–Kier alpha value is -2.57. The lowest BCUT2D eigenvalue weighted by Gasteiger charge is -2.02. The molecule has 3 nitrogen and oxygen atoms in total. The van der Waals surface area contributed by atoms with Crippen molar-refractivity contribution in [2.45, 2.75) is 12.8 Å². The standard InChI is InChI=1S/C18H14ClNO2/c19-17-9-7-15(8-10-17)16(12-20)13-22-18(21)11-6-14-4-2-1-3-5-14/h1-5,7-10,13H,6,11H2/b16-13+. The monoisotopic (exact) mass is 311 g/mol. The van der Waals surface area contributed by atoms with Crippen LogP contribution in [-0.4, -0.2) is 5.97 Å². The normalized spacial score (nSPS) is 10.8. The lowest BCUT2D eigenvalue weighted by molar-refractivity contribution is -0.137. The maximum absolute atomic E-state index is 11.7. The molecule has 0 aliphatic carbocycles. The summed E-state index contributed by atoms with van der Waals surface area (Å²) in [6.45, 7) is 0. The number of hydrogen-bond donors (Lipinski definition) is 0. The van der Waals surface area contributed by atoms with Crippen LogP contribution in [0.4, 0.5) is 0 Å². The van der Waals surface area contributed by atoms with E-state index in [1.165, 1.54) is 6.26 Å². The highest BCUT2D eigenvalue weighted by Gasteiger charge is 2.05. The number of rotatable bonds is 5. The van der Waals surface area contributed by atoms with E-state index >= 15 is 0 Å². The number of nitrogens with zero attached hydrogens (tertiary/aromatic N) is 1. The zero-order valence-electron chi connectivity index (χ0n) is 11.8. The maximum Gasteiger partial charge on any atom is 0.310 e. The van der Waals surface area contributed by atoms with Gasteiger partial charge in [-0.2, -0.15) is 5.26 Å². The fourth-order valence-corrected chi connectivity index (χ4v) is 1.99.